The molecule has 0 aliphatic rings. The van der Waals surface area contributed by atoms with Gasteiger partial charge < -0.3 is 15.2 Å². The molecule has 1 unspecified atom stereocenters. The SMILES string of the molecule is CCOCCOC(CN)c1ccccn1. The van der Waals surface area contributed by atoms with Crippen LogP contribution in [0.5, 0.6) is 0 Å². The van der Waals surface area contributed by atoms with Gasteiger partial charge in [-0.25, -0.2) is 0 Å². The molecule has 2 N–H and O–H groups in total. The van der Waals surface area contributed by atoms with Crippen molar-refractivity contribution in [2.24, 2.45) is 5.73 Å². The first-order valence-electron chi connectivity index (χ1n) is 5.18. The molecule has 84 valence electrons. The van der Waals surface area contributed by atoms with Gasteiger partial charge in [0, 0.05) is 19.3 Å². The van der Waals surface area contributed by atoms with Gasteiger partial charge in [-0.05, 0) is 19.1 Å². The molecule has 1 rings (SSSR count). The first-order chi connectivity index (χ1) is 7.38. The summed E-state index contributed by atoms with van der Waals surface area (Å²) >= 11 is 0. The van der Waals surface area contributed by atoms with Crippen molar-refractivity contribution in [1.82, 2.24) is 4.98 Å². The van der Waals surface area contributed by atoms with Gasteiger partial charge in [0.05, 0.1) is 18.9 Å². The molecule has 0 aromatic carbocycles. The van der Waals surface area contributed by atoms with Crippen molar-refractivity contribution in [1.29, 1.82) is 0 Å². The molecule has 0 spiro atoms. The van der Waals surface area contributed by atoms with Gasteiger partial charge in [-0.2, -0.15) is 0 Å². The summed E-state index contributed by atoms with van der Waals surface area (Å²) < 4.78 is 10.7. The summed E-state index contributed by atoms with van der Waals surface area (Å²) in [5.74, 6) is 0. The van der Waals surface area contributed by atoms with Crippen molar-refractivity contribution in [2.75, 3.05) is 26.4 Å². The minimum Gasteiger partial charge on any atom is -0.379 e. The average molecular weight is 210 g/mol. The molecule has 0 radical (unpaired) electrons. The Morgan fingerprint density at radius 2 is 2.27 bits per heavy atom. The predicted molar refractivity (Wildman–Crippen MR) is 58.5 cm³/mol. The van der Waals surface area contributed by atoms with E-state index < -0.39 is 0 Å². The number of nitrogens with zero attached hydrogens (tertiary/aromatic N) is 1. The van der Waals surface area contributed by atoms with Gasteiger partial charge in [0.1, 0.15) is 6.10 Å². The monoisotopic (exact) mass is 210 g/mol. The summed E-state index contributed by atoms with van der Waals surface area (Å²) in [7, 11) is 0. The van der Waals surface area contributed by atoms with Crippen LogP contribution in [0.15, 0.2) is 24.4 Å². The Hall–Kier alpha value is -0.970. The lowest BCUT2D eigenvalue weighted by atomic mass is 10.2. The van der Waals surface area contributed by atoms with E-state index >= 15 is 0 Å². The molecule has 4 nitrogen and oxygen atoms in total. The number of aromatic nitrogens is 1. The molecular formula is C11H18N2O2. The normalized spacial score (nSPS) is 12.7. The zero-order valence-corrected chi connectivity index (χ0v) is 9.06. The highest BCUT2D eigenvalue weighted by atomic mass is 16.5. The minimum atomic E-state index is -0.133. The molecule has 0 aliphatic heterocycles. The van der Waals surface area contributed by atoms with Crippen LogP contribution in [0.2, 0.25) is 0 Å². The Morgan fingerprint density at radius 3 is 2.87 bits per heavy atom. The van der Waals surface area contributed by atoms with Gasteiger partial charge in [-0.15, -0.1) is 0 Å². The minimum absolute atomic E-state index is 0.133. The van der Waals surface area contributed by atoms with E-state index in [9.17, 15) is 0 Å². The predicted octanol–water partition coefficient (Wildman–Crippen LogP) is 1.13. The Kier molecular flexibility index (Phi) is 5.92. The van der Waals surface area contributed by atoms with Crippen LogP contribution >= 0.6 is 0 Å². The van der Waals surface area contributed by atoms with E-state index in [1.54, 1.807) is 6.20 Å². The fourth-order valence-electron chi connectivity index (χ4n) is 1.23. The van der Waals surface area contributed by atoms with Crippen LogP contribution in [0.1, 0.15) is 18.7 Å². The molecule has 1 aromatic heterocycles. The van der Waals surface area contributed by atoms with Gasteiger partial charge in [-0.1, -0.05) is 6.07 Å². The van der Waals surface area contributed by atoms with Crippen LogP contribution in [0.4, 0.5) is 0 Å². The van der Waals surface area contributed by atoms with Crippen LogP contribution in [0, 0.1) is 0 Å². The lowest BCUT2D eigenvalue weighted by molar-refractivity contribution is 0.00868. The molecule has 0 saturated heterocycles. The maximum absolute atomic E-state index is 5.61. The largest absolute Gasteiger partial charge is 0.379 e. The highest BCUT2D eigenvalue weighted by molar-refractivity contribution is 5.07. The summed E-state index contributed by atoms with van der Waals surface area (Å²) in [4.78, 5) is 4.20. The van der Waals surface area contributed by atoms with E-state index in [-0.39, 0.29) is 6.10 Å². The number of nitrogens with two attached hydrogens (primary N) is 1. The lowest BCUT2D eigenvalue weighted by Crippen LogP contribution is -2.19. The fourth-order valence-corrected chi connectivity index (χ4v) is 1.23. The van der Waals surface area contributed by atoms with E-state index in [1.807, 2.05) is 25.1 Å². The number of pyridine rings is 1. The van der Waals surface area contributed by atoms with Gasteiger partial charge in [0.15, 0.2) is 0 Å². The molecule has 15 heavy (non-hydrogen) atoms. The molecule has 0 amide bonds. The van der Waals surface area contributed by atoms with E-state index in [0.717, 1.165) is 5.69 Å². The van der Waals surface area contributed by atoms with Gasteiger partial charge in [0.2, 0.25) is 0 Å². The Morgan fingerprint density at radius 1 is 1.40 bits per heavy atom. The Bertz CT molecular complexity index is 254. The molecule has 0 saturated carbocycles. The fraction of sp³-hybridized carbons (Fsp3) is 0.545. The van der Waals surface area contributed by atoms with Crippen LogP contribution in [0.3, 0.4) is 0 Å². The van der Waals surface area contributed by atoms with Crippen molar-refractivity contribution in [3.8, 4) is 0 Å². The van der Waals surface area contributed by atoms with Crippen LogP contribution in [0.25, 0.3) is 0 Å². The maximum atomic E-state index is 5.61. The summed E-state index contributed by atoms with van der Waals surface area (Å²) in [6.45, 7) is 4.24. The third kappa shape index (κ3) is 4.38. The molecule has 1 atom stereocenters. The number of rotatable bonds is 7. The summed E-state index contributed by atoms with van der Waals surface area (Å²) in [5, 5.41) is 0. The highest BCUT2D eigenvalue weighted by Crippen LogP contribution is 2.12. The van der Waals surface area contributed by atoms with Crippen molar-refractivity contribution in [2.45, 2.75) is 13.0 Å². The van der Waals surface area contributed by atoms with Crippen LogP contribution < -0.4 is 5.73 Å². The summed E-state index contributed by atoms with van der Waals surface area (Å²) in [6.07, 6.45) is 1.61. The third-order valence-corrected chi connectivity index (χ3v) is 1.98. The van der Waals surface area contributed by atoms with Gasteiger partial charge in [0.25, 0.3) is 0 Å². The second-order valence-electron chi connectivity index (χ2n) is 3.05. The van der Waals surface area contributed by atoms with Gasteiger partial charge in [-0.3, -0.25) is 4.98 Å². The van der Waals surface area contributed by atoms with E-state index in [1.165, 1.54) is 0 Å². The van der Waals surface area contributed by atoms with Crippen molar-refractivity contribution >= 4 is 0 Å². The summed E-state index contributed by atoms with van der Waals surface area (Å²) in [6, 6.07) is 5.71. The smallest absolute Gasteiger partial charge is 0.112 e. The standard InChI is InChI=1S/C11H18N2O2/c1-2-14-7-8-15-11(9-12)10-5-3-4-6-13-10/h3-6,11H,2,7-9,12H2,1H3. The van der Waals surface area contributed by atoms with Crippen molar-refractivity contribution < 1.29 is 9.47 Å². The molecule has 0 aliphatic carbocycles. The second kappa shape index (κ2) is 7.34. The molecule has 1 heterocycles. The van der Waals surface area contributed by atoms with Gasteiger partial charge >= 0.3 is 0 Å². The molecule has 0 fully saturated rings. The summed E-state index contributed by atoms with van der Waals surface area (Å²) in [5.41, 5.74) is 6.49. The number of hydrogen-bond acceptors (Lipinski definition) is 4. The third-order valence-electron chi connectivity index (χ3n) is 1.98. The first-order valence-corrected chi connectivity index (χ1v) is 5.18. The van der Waals surface area contributed by atoms with Crippen LogP contribution in [-0.4, -0.2) is 31.3 Å². The Labute approximate surface area is 90.4 Å². The second-order valence-corrected chi connectivity index (χ2v) is 3.05. The van der Waals surface area contributed by atoms with E-state index in [4.69, 9.17) is 15.2 Å². The molecule has 4 heteroatoms. The first kappa shape index (κ1) is 12.1. The van der Waals surface area contributed by atoms with Crippen molar-refractivity contribution in [3.05, 3.63) is 30.1 Å². The lowest BCUT2D eigenvalue weighted by Gasteiger charge is -2.15. The topological polar surface area (TPSA) is 57.4 Å². The zero-order valence-electron chi connectivity index (χ0n) is 9.06. The van der Waals surface area contributed by atoms with Crippen LogP contribution in [-0.2, 0) is 9.47 Å². The number of hydrogen-bond donors (Lipinski definition) is 1. The maximum Gasteiger partial charge on any atom is 0.112 e. The molecule has 1 aromatic rings. The molecular weight excluding hydrogens is 192 g/mol. The number of ether oxygens (including phenoxy) is 2. The van der Waals surface area contributed by atoms with E-state index in [0.29, 0.717) is 26.4 Å². The van der Waals surface area contributed by atoms with Crippen molar-refractivity contribution in [3.63, 3.8) is 0 Å². The molecule has 0 bridgehead atoms. The quantitative estimate of drug-likeness (QED) is 0.685. The van der Waals surface area contributed by atoms with E-state index in [2.05, 4.69) is 4.98 Å². The highest BCUT2D eigenvalue weighted by Gasteiger charge is 2.10. The average Bonchev–Trinajstić information content (AvgIpc) is 2.30. The zero-order chi connectivity index (χ0) is 10.9. The Balaban J connectivity index is 2.36.